The Balaban J connectivity index is 1.87. The summed E-state index contributed by atoms with van der Waals surface area (Å²) < 4.78 is 0. The number of hydrogen-bond acceptors (Lipinski definition) is 3. The molecule has 0 bridgehead atoms. The first-order chi connectivity index (χ1) is 9.58. The number of rotatable bonds is 2. The Labute approximate surface area is 115 Å². The van der Waals surface area contributed by atoms with Gasteiger partial charge in [-0.1, -0.05) is 0 Å². The molecule has 1 aromatic carbocycles. The Morgan fingerprint density at radius 1 is 1.45 bits per heavy atom. The van der Waals surface area contributed by atoms with Crippen molar-refractivity contribution in [1.29, 1.82) is 0 Å². The molecule has 1 saturated heterocycles. The number of amides is 1. The number of benzene rings is 1. The van der Waals surface area contributed by atoms with Gasteiger partial charge in [-0.15, -0.1) is 0 Å². The second-order valence-electron chi connectivity index (χ2n) is 5.11. The highest BCUT2D eigenvalue weighted by Gasteiger charge is 2.38. The molecule has 20 heavy (non-hydrogen) atoms. The molecule has 1 aliphatic rings. The first-order valence-corrected chi connectivity index (χ1v) is 6.55. The highest BCUT2D eigenvalue weighted by Crippen LogP contribution is 2.26. The molecule has 0 radical (unpaired) electrons. The molecule has 0 spiro atoms. The third-order valence-electron chi connectivity index (χ3n) is 4.00. The van der Waals surface area contributed by atoms with E-state index in [4.69, 9.17) is 5.11 Å². The van der Waals surface area contributed by atoms with Gasteiger partial charge >= 0.3 is 5.97 Å². The first-order valence-electron chi connectivity index (χ1n) is 6.55. The Hall–Kier alpha value is -2.37. The summed E-state index contributed by atoms with van der Waals surface area (Å²) in [5.74, 6) is -1.44. The Kier molecular flexibility index (Phi) is 2.93. The molecule has 2 N–H and O–H groups in total. The fourth-order valence-electron chi connectivity index (χ4n) is 2.79. The van der Waals surface area contributed by atoms with Gasteiger partial charge in [0.25, 0.3) is 5.91 Å². The van der Waals surface area contributed by atoms with Gasteiger partial charge in [-0.2, -0.15) is 0 Å². The van der Waals surface area contributed by atoms with Gasteiger partial charge in [-0.05, 0) is 31.5 Å². The van der Waals surface area contributed by atoms with Crippen molar-refractivity contribution in [3.63, 3.8) is 0 Å². The number of carbonyl (C=O) groups excluding carboxylic acids is 1. The summed E-state index contributed by atoms with van der Waals surface area (Å²) >= 11 is 0. The molecule has 6 nitrogen and oxygen atoms in total. The van der Waals surface area contributed by atoms with Gasteiger partial charge in [0.2, 0.25) is 0 Å². The number of aromatic amines is 1. The zero-order valence-electron chi connectivity index (χ0n) is 11.0. The van der Waals surface area contributed by atoms with Crippen LogP contribution >= 0.6 is 0 Å². The lowest BCUT2D eigenvalue weighted by Gasteiger charge is -2.23. The lowest BCUT2D eigenvalue weighted by molar-refractivity contribution is -0.142. The molecule has 1 amide bonds. The van der Waals surface area contributed by atoms with E-state index in [0.29, 0.717) is 18.5 Å². The summed E-state index contributed by atoms with van der Waals surface area (Å²) in [5.41, 5.74) is 2.16. The van der Waals surface area contributed by atoms with E-state index >= 15 is 0 Å². The molecule has 104 valence electrons. The van der Waals surface area contributed by atoms with Crippen LogP contribution in [0.25, 0.3) is 11.0 Å². The van der Waals surface area contributed by atoms with Crippen LogP contribution in [0.1, 0.15) is 23.7 Å². The van der Waals surface area contributed by atoms with Crippen molar-refractivity contribution in [1.82, 2.24) is 14.9 Å². The maximum absolute atomic E-state index is 12.5. The number of aliphatic carboxylic acids is 1. The zero-order valence-corrected chi connectivity index (χ0v) is 11.0. The van der Waals surface area contributed by atoms with Crippen molar-refractivity contribution in [2.24, 2.45) is 5.92 Å². The van der Waals surface area contributed by atoms with Gasteiger partial charge in [-0.25, -0.2) is 4.98 Å². The van der Waals surface area contributed by atoms with Gasteiger partial charge in [0.05, 0.1) is 23.3 Å². The van der Waals surface area contributed by atoms with Crippen molar-refractivity contribution in [2.45, 2.75) is 19.4 Å². The van der Waals surface area contributed by atoms with E-state index in [0.717, 1.165) is 11.0 Å². The number of fused-ring (bicyclic) bond motifs is 1. The summed E-state index contributed by atoms with van der Waals surface area (Å²) in [6, 6.07) is 4.99. The SMILES string of the molecule is CC1C(C(=O)O)CCN1C(=O)c1ccc2nc[nH]c2c1. The predicted molar refractivity (Wildman–Crippen MR) is 72.3 cm³/mol. The zero-order chi connectivity index (χ0) is 14.3. The first kappa shape index (κ1) is 12.7. The molecule has 2 aromatic rings. The normalized spacial score (nSPS) is 22.4. The van der Waals surface area contributed by atoms with Crippen LogP contribution < -0.4 is 0 Å². The van der Waals surface area contributed by atoms with E-state index in [1.807, 2.05) is 0 Å². The number of imidazole rings is 1. The van der Waals surface area contributed by atoms with Crippen LogP contribution in [-0.2, 0) is 4.79 Å². The van der Waals surface area contributed by atoms with E-state index < -0.39 is 11.9 Å². The lowest BCUT2D eigenvalue weighted by Crippen LogP contribution is -2.37. The van der Waals surface area contributed by atoms with Crippen LogP contribution in [0.3, 0.4) is 0 Å². The average molecular weight is 273 g/mol. The maximum atomic E-state index is 12.5. The molecule has 0 aliphatic carbocycles. The Morgan fingerprint density at radius 2 is 2.25 bits per heavy atom. The number of carbonyl (C=O) groups is 2. The van der Waals surface area contributed by atoms with Crippen molar-refractivity contribution >= 4 is 22.9 Å². The third kappa shape index (κ3) is 1.93. The van der Waals surface area contributed by atoms with Crippen molar-refractivity contribution in [3.05, 3.63) is 30.1 Å². The largest absolute Gasteiger partial charge is 0.481 e. The van der Waals surface area contributed by atoms with Gasteiger partial charge < -0.3 is 15.0 Å². The maximum Gasteiger partial charge on any atom is 0.308 e. The van der Waals surface area contributed by atoms with Gasteiger partial charge in [-0.3, -0.25) is 9.59 Å². The van der Waals surface area contributed by atoms with Crippen LogP contribution in [0.4, 0.5) is 0 Å². The van der Waals surface area contributed by atoms with Gasteiger partial charge in [0.15, 0.2) is 0 Å². The molecule has 1 fully saturated rings. The minimum absolute atomic E-state index is 0.127. The van der Waals surface area contributed by atoms with Crippen LogP contribution in [0, 0.1) is 5.92 Å². The number of likely N-dealkylation sites (tertiary alicyclic amines) is 1. The summed E-state index contributed by atoms with van der Waals surface area (Å²) in [6.45, 7) is 2.27. The predicted octanol–water partition coefficient (Wildman–Crippen LogP) is 1.50. The fourth-order valence-corrected chi connectivity index (χ4v) is 2.79. The highest BCUT2D eigenvalue weighted by molar-refractivity contribution is 5.98. The minimum Gasteiger partial charge on any atom is -0.481 e. The number of nitrogens with zero attached hydrogens (tertiary/aromatic N) is 2. The van der Waals surface area contributed by atoms with E-state index in [2.05, 4.69) is 9.97 Å². The average Bonchev–Trinajstić information content (AvgIpc) is 3.03. The number of carboxylic acid groups (broad SMARTS) is 1. The van der Waals surface area contributed by atoms with Gasteiger partial charge in [0.1, 0.15) is 0 Å². The third-order valence-corrected chi connectivity index (χ3v) is 4.00. The minimum atomic E-state index is -0.836. The number of aromatic nitrogens is 2. The standard InChI is InChI=1S/C14H15N3O3/c1-8-10(14(19)20)4-5-17(8)13(18)9-2-3-11-12(6-9)16-7-15-11/h2-3,6-8,10H,4-5H2,1H3,(H,15,16)(H,19,20). The summed E-state index contributed by atoms with van der Waals surface area (Å²) in [4.78, 5) is 32.3. The molecule has 1 aliphatic heterocycles. The molecule has 2 unspecified atom stereocenters. The Bertz CT molecular complexity index is 679. The molecule has 6 heteroatoms. The lowest BCUT2D eigenvalue weighted by atomic mass is 10.0. The summed E-state index contributed by atoms with van der Waals surface area (Å²) in [6.07, 6.45) is 2.09. The second-order valence-corrected chi connectivity index (χ2v) is 5.11. The molecule has 0 saturated carbocycles. The van der Waals surface area contributed by atoms with Gasteiger partial charge in [0, 0.05) is 18.2 Å². The quantitative estimate of drug-likeness (QED) is 0.868. The fraction of sp³-hybridized carbons (Fsp3) is 0.357. The molecular formula is C14H15N3O3. The van der Waals surface area contributed by atoms with Crippen molar-refractivity contribution in [2.75, 3.05) is 6.54 Å². The molecule has 2 atom stereocenters. The number of nitrogens with one attached hydrogen (secondary N) is 1. The number of H-pyrrole nitrogens is 1. The topological polar surface area (TPSA) is 86.3 Å². The monoisotopic (exact) mass is 273 g/mol. The van der Waals surface area contributed by atoms with Crippen LogP contribution in [-0.4, -0.2) is 44.4 Å². The molecular weight excluding hydrogens is 258 g/mol. The van der Waals surface area contributed by atoms with Crippen molar-refractivity contribution in [3.8, 4) is 0 Å². The van der Waals surface area contributed by atoms with E-state index in [9.17, 15) is 9.59 Å². The summed E-state index contributed by atoms with van der Waals surface area (Å²) in [5, 5.41) is 9.12. The smallest absolute Gasteiger partial charge is 0.308 e. The number of hydrogen-bond donors (Lipinski definition) is 2. The Morgan fingerprint density at radius 3 is 2.95 bits per heavy atom. The van der Waals surface area contributed by atoms with E-state index in [-0.39, 0.29) is 11.9 Å². The molecule has 2 heterocycles. The second kappa shape index (κ2) is 4.63. The number of carboxylic acids is 1. The molecule has 1 aromatic heterocycles. The van der Waals surface area contributed by atoms with E-state index in [1.165, 1.54) is 0 Å². The highest BCUT2D eigenvalue weighted by atomic mass is 16.4. The van der Waals surface area contributed by atoms with Crippen LogP contribution in [0.15, 0.2) is 24.5 Å². The van der Waals surface area contributed by atoms with Crippen molar-refractivity contribution < 1.29 is 14.7 Å². The van der Waals surface area contributed by atoms with Crippen LogP contribution in [0.5, 0.6) is 0 Å². The van der Waals surface area contributed by atoms with Crippen LogP contribution in [0.2, 0.25) is 0 Å². The summed E-state index contributed by atoms with van der Waals surface area (Å²) in [7, 11) is 0. The molecule has 3 rings (SSSR count). The van der Waals surface area contributed by atoms with E-state index in [1.54, 1.807) is 36.4 Å².